The summed E-state index contributed by atoms with van der Waals surface area (Å²) in [6.07, 6.45) is 3.23. The van der Waals surface area contributed by atoms with Gasteiger partial charge in [-0.05, 0) is 75.9 Å². The predicted molar refractivity (Wildman–Crippen MR) is 116 cm³/mol. The van der Waals surface area contributed by atoms with Crippen LogP contribution in [0.5, 0.6) is 0 Å². The third-order valence-corrected chi connectivity index (χ3v) is 5.17. The van der Waals surface area contributed by atoms with E-state index in [0.717, 1.165) is 35.6 Å². The minimum atomic E-state index is -0.195. The standard InChI is InChI=1S/C23H26N6O2/c1-3-24-22(30)16-7-12-19(13-8-16)29-20(14-11-17-6-4-5-15(2)25-17)21(27-28-29)23(31)26-18-9-10-18/h4-8,12-13,18H,3,9-11,14H2,1-2H3,(H,24,30)(H,26,31). The van der Waals surface area contributed by atoms with Crippen molar-refractivity contribution in [2.24, 2.45) is 0 Å². The van der Waals surface area contributed by atoms with Crippen LogP contribution in [-0.4, -0.2) is 44.4 Å². The van der Waals surface area contributed by atoms with Crippen LogP contribution in [0.2, 0.25) is 0 Å². The third-order valence-electron chi connectivity index (χ3n) is 5.17. The van der Waals surface area contributed by atoms with Gasteiger partial charge in [-0.1, -0.05) is 11.3 Å². The summed E-state index contributed by atoms with van der Waals surface area (Å²) in [6.45, 7) is 4.41. The Morgan fingerprint density at radius 3 is 2.52 bits per heavy atom. The van der Waals surface area contributed by atoms with E-state index in [9.17, 15) is 9.59 Å². The first-order chi connectivity index (χ1) is 15.0. The largest absolute Gasteiger partial charge is 0.352 e. The fourth-order valence-electron chi connectivity index (χ4n) is 3.39. The third kappa shape index (κ3) is 4.96. The number of hydrogen-bond donors (Lipinski definition) is 2. The van der Waals surface area contributed by atoms with Crippen LogP contribution >= 0.6 is 0 Å². The molecule has 2 heterocycles. The Bertz CT molecular complexity index is 1090. The molecule has 1 aromatic carbocycles. The Morgan fingerprint density at radius 2 is 1.84 bits per heavy atom. The lowest BCUT2D eigenvalue weighted by atomic mass is 10.1. The lowest BCUT2D eigenvalue weighted by Gasteiger charge is -2.10. The summed E-state index contributed by atoms with van der Waals surface area (Å²) in [5.41, 5.74) is 4.30. The summed E-state index contributed by atoms with van der Waals surface area (Å²) in [5.74, 6) is -0.317. The number of nitrogens with zero attached hydrogens (tertiary/aromatic N) is 4. The highest BCUT2D eigenvalue weighted by atomic mass is 16.2. The van der Waals surface area contributed by atoms with Crippen LogP contribution < -0.4 is 10.6 Å². The molecule has 0 radical (unpaired) electrons. The summed E-state index contributed by atoms with van der Waals surface area (Å²) in [5, 5.41) is 14.2. The summed E-state index contributed by atoms with van der Waals surface area (Å²) in [4.78, 5) is 29.3. The van der Waals surface area contributed by atoms with Crippen LogP contribution in [0.15, 0.2) is 42.5 Å². The van der Waals surface area contributed by atoms with Crippen molar-refractivity contribution in [3.8, 4) is 5.69 Å². The Hall–Kier alpha value is -3.55. The average Bonchev–Trinajstić information content (AvgIpc) is 3.48. The normalized spacial score (nSPS) is 13.1. The van der Waals surface area contributed by atoms with Gasteiger partial charge in [0.15, 0.2) is 5.69 Å². The van der Waals surface area contributed by atoms with Gasteiger partial charge in [0, 0.05) is 29.5 Å². The van der Waals surface area contributed by atoms with Crippen LogP contribution in [0.4, 0.5) is 0 Å². The van der Waals surface area contributed by atoms with E-state index in [4.69, 9.17) is 0 Å². The van der Waals surface area contributed by atoms with E-state index >= 15 is 0 Å². The van der Waals surface area contributed by atoms with Crippen LogP contribution in [-0.2, 0) is 12.8 Å². The number of hydrogen-bond acceptors (Lipinski definition) is 5. The van der Waals surface area contributed by atoms with E-state index in [0.29, 0.717) is 30.6 Å². The Morgan fingerprint density at radius 1 is 1.06 bits per heavy atom. The highest BCUT2D eigenvalue weighted by Gasteiger charge is 2.27. The van der Waals surface area contributed by atoms with Crippen molar-refractivity contribution in [3.63, 3.8) is 0 Å². The maximum absolute atomic E-state index is 12.7. The van der Waals surface area contributed by atoms with Gasteiger partial charge in [0.2, 0.25) is 0 Å². The number of nitrogens with one attached hydrogen (secondary N) is 2. The number of aryl methyl sites for hydroxylation is 2. The van der Waals surface area contributed by atoms with Gasteiger partial charge >= 0.3 is 0 Å². The SMILES string of the molecule is CCNC(=O)c1ccc(-n2nnc(C(=O)NC3CC3)c2CCc2cccc(C)n2)cc1. The van der Waals surface area contributed by atoms with E-state index in [1.807, 2.05) is 44.2 Å². The zero-order valence-corrected chi connectivity index (χ0v) is 17.8. The molecule has 0 atom stereocenters. The van der Waals surface area contributed by atoms with Crippen molar-refractivity contribution in [2.45, 2.75) is 45.6 Å². The summed E-state index contributed by atoms with van der Waals surface area (Å²) in [6, 6.07) is 13.3. The Balaban J connectivity index is 1.62. The monoisotopic (exact) mass is 418 g/mol. The van der Waals surface area contributed by atoms with Gasteiger partial charge in [-0.25, -0.2) is 4.68 Å². The van der Waals surface area contributed by atoms with Crippen molar-refractivity contribution in [1.82, 2.24) is 30.6 Å². The van der Waals surface area contributed by atoms with Gasteiger partial charge in [-0.3, -0.25) is 14.6 Å². The van der Waals surface area contributed by atoms with Crippen molar-refractivity contribution in [3.05, 3.63) is 70.8 Å². The fourth-order valence-corrected chi connectivity index (χ4v) is 3.39. The molecule has 0 saturated heterocycles. The summed E-state index contributed by atoms with van der Waals surface area (Å²) >= 11 is 0. The highest BCUT2D eigenvalue weighted by molar-refractivity contribution is 5.94. The molecule has 1 aliphatic rings. The second kappa shape index (κ2) is 9.07. The van der Waals surface area contributed by atoms with Crippen molar-refractivity contribution < 1.29 is 9.59 Å². The van der Waals surface area contributed by atoms with Gasteiger partial charge < -0.3 is 10.6 Å². The number of carbonyl (C=O) groups excluding carboxylic acids is 2. The zero-order chi connectivity index (χ0) is 21.8. The van der Waals surface area contributed by atoms with Crippen LogP contribution in [0.3, 0.4) is 0 Å². The average molecular weight is 419 g/mol. The van der Waals surface area contributed by atoms with Crippen LogP contribution in [0.1, 0.15) is 57.7 Å². The molecule has 3 aromatic rings. The zero-order valence-electron chi connectivity index (χ0n) is 17.8. The fraction of sp³-hybridized carbons (Fsp3) is 0.348. The van der Waals surface area contributed by atoms with Crippen molar-refractivity contribution in [1.29, 1.82) is 0 Å². The first kappa shape index (κ1) is 20.7. The first-order valence-corrected chi connectivity index (χ1v) is 10.6. The molecular formula is C23H26N6O2. The Kier molecular flexibility index (Phi) is 6.06. The minimum absolute atomic E-state index is 0.122. The van der Waals surface area contributed by atoms with Gasteiger partial charge in [0.1, 0.15) is 0 Å². The van der Waals surface area contributed by atoms with E-state index in [1.54, 1.807) is 16.8 Å². The lowest BCUT2D eigenvalue weighted by Crippen LogP contribution is -2.27. The number of pyridine rings is 1. The number of benzene rings is 1. The molecule has 8 heteroatoms. The number of aromatic nitrogens is 4. The summed E-state index contributed by atoms with van der Waals surface area (Å²) < 4.78 is 1.68. The second-order valence-electron chi connectivity index (χ2n) is 7.72. The second-order valence-corrected chi connectivity index (χ2v) is 7.72. The first-order valence-electron chi connectivity index (χ1n) is 10.6. The smallest absolute Gasteiger partial charge is 0.273 e. The van der Waals surface area contributed by atoms with E-state index < -0.39 is 0 Å². The predicted octanol–water partition coefficient (Wildman–Crippen LogP) is 2.40. The quantitative estimate of drug-likeness (QED) is 0.585. The number of carbonyl (C=O) groups is 2. The molecule has 4 rings (SSSR count). The number of amides is 2. The van der Waals surface area contributed by atoms with Gasteiger partial charge in [-0.2, -0.15) is 0 Å². The maximum Gasteiger partial charge on any atom is 0.273 e. The van der Waals surface area contributed by atoms with Gasteiger partial charge in [0.05, 0.1) is 11.4 Å². The molecule has 2 aromatic heterocycles. The molecule has 31 heavy (non-hydrogen) atoms. The minimum Gasteiger partial charge on any atom is -0.352 e. The lowest BCUT2D eigenvalue weighted by molar-refractivity contribution is 0.0940. The van der Waals surface area contributed by atoms with Crippen LogP contribution in [0.25, 0.3) is 5.69 Å². The van der Waals surface area contributed by atoms with Crippen molar-refractivity contribution >= 4 is 11.8 Å². The van der Waals surface area contributed by atoms with E-state index in [-0.39, 0.29) is 17.9 Å². The molecule has 0 bridgehead atoms. The molecule has 1 fully saturated rings. The maximum atomic E-state index is 12.7. The van der Waals surface area contributed by atoms with Gasteiger partial charge in [-0.15, -0.1) is 5.10 Å². The van der Waals surface area contributed by atoms with E-state index in [2.05, 4.69) is 25.9 Å². The molecule has 1 aliphatic carbocycles. The van der Waals surface area contributed by atoms with Crippen LogP contribution in [0, 0.1) is 6.92 Å². The molecule has 2 N–H and O–H groups in total. The molecule has 0 aliphatic heterocycles. The molecular weight excluding hydrogens is 392 g/mol. The molecule has 1 saturated carbocycles. The molecule has 0 spiro atoms. The molecule has 2 amide bonds. The van der Waals surface area contributed by atoms with E-state index in [1.165, 1.54) is 0 Å². The number of rotatable bonds is 8. The van der Waals surface area contributed by atoms with Crippen molar-refractivity contribution in [2.75, 3.05) is 6.54 Å². The summed E-state index contributed by atoms with van der Waals surface area (Å²) in [7, 11) is 0. The topological polar surface area (TPSA) is 102 Å². The molecule has 8 nitrogen and oxygen atoms in total. The van der Waals surface area contributed by atoms with Gasteiger partial charge in [0.25, 0.3) is 11.8 Å². The molecule has 160 valence electrons. The molecule has 0 unspecified atom stereocenters. The highest BCUT2D eigenvalue weighted by Crippen LogP contribution is 2.21. The Labute approximate surface area is 181 Å².